The fraction of sp³-hybridized carbons (Fsp3) is 0.545. The van der Waals surface area contributed by atoms with Crippen LogP contribution < -0.4 is 0 Å². The molecular formula is C11H16N2O2. The third-order valence-corrected chi connectivity index (χ3v) is 2.21. The summed E-state index contributed by atoms with van der Waals surface area (Å²) in [7, 11) is 0. The van der Waals surface area contributed by atoms with Gasteiger partial charge in [-0.25, -0.2) is 9.97 Å². The van der Waals surface area contributed by atoms with Gasteiger partial charge in [-0.2, -0.15) is 0 Å². The van der Waals surface area contributed by atoms with Crippen molar-refractivity contribution in [2.45, 2.75) is 39.0 Å². The molecule has 0 saturated carbocycles. The van der Waals surface area contributed by atoms with Gasteiger partial charge in [-0.1, -0.05) is 13.8 Å². The molecule has 0 amide bonds. The normalized spacial score (nSPS) is 10.6. The van der Waals surface area contributed by atoms with Crippen LogP contribution >= 0.6 is 0 Å². The van der Waals surface area contributed by atoms with Gasteiger partial charge in [-0.3, -0.25) is 4.79 Å². The molecule has 0 radical (unpaired) electrons. The summed E-state index contributed by atoms with van der Waals surface area (Å²) < 4.78 is 0. The molecule has 0 aliphatic rings. The molecular weight excluding hydrogens is 192 g/mol. The van der Waals surface area contributed by atoms with Crippen LogP contribution in [0.4, 0.5) is 0 Å². The van der Waals surface area contributed by atoms with Crippen molar-refractivity contribution in [3.8, 4) is 0 Å². The van der Waals surface area contributed by atoms with E-state index in [2.05, 4.69) is 23.8 Å². The Hall–Kier alpha value is -1.45. The van der Waals surface area contributed by atoms with Crippen LogP contribution in [0.2, 0.25) is 0 Å². The monoisotopic (exact) mass is 208 g/mol. The number of aliphatic carboxylic acids is 1. The average Bonchev–Trinajstić information content (AvgIpc) is 2.17. The number of aromatic nitrogens is 2. The summed E-state index contributed by atoms with van der Waals surface area (Å²) in [5, 5.41) is 8.54. The SMILES string of the molecule is CC(C)c1ncncc1CCCC(=O)O. The zero-order valence-corrected chi connectivity index (χ0v) is 9.10. The number of carboxylic acid groups (broad SMARTS) is 1. The second-order valence-corrected chi connectivity index (χ2v) is 3.84. The number of rotatable bonds is 5. The van der Waals surface area contributed by atoms with Gasteiger partial charge in [0.2, 0.25) is 0 Å². The highest BCUT2D eigenvalue weighted by Crippen LogP contribution is 2.17. The molecule has 0 bridgehead atoms. The second kappa shape index (κ2) is 5.44. The predicted octanol–water partition coefficient (Wildman–Crippen LogP) is 2.01. The minimum Gasteiger partial charge on any atom is -0.481 e. The molecule has 15 heavy (non-hydrogen) atoms. The first-order valence-electron chi connectivity index (χ1n) is 5.12. The van der Waals surface area contributed by atoms with E-state index in [0.29, 0.717) is 12.3 Å². The second-order valence-electron chi connectivity index (χ2n) is 3.84. The zero-order chi connectivity index (χ0) is 11.3. The van der Waals surface area contributed by atoms with Gasteiger partial charge < -0.3 is 5.11 Å². The van der Waals surface area contributed by atoms with Crippen LogP contribution in [0.3, 0.4) is 0 Å². The summed E-state index contributed by atoms with van der Waals surface area (Å²) in [6.45, 7) is 4.14. The van der Waals surface area contributed by atoms with Gasteiger partial charge in [0.05, 0.1) is 0 Å². The van der Waals surface area contributed by atoms with E-state index in [4.69, 9.17) is 5.11 Å². The van der Waals surface area contributed by atoms with Gasteiger partial charge >= 0.3 is 5.97 Å². The third kappa shape index (κ3) is 3.65. The van der Waals surface area contributed by atoms with E-state index >= 15 is 0 Å². The van der Waals surface area contributed by atoms with Crippen molar-refractivity contribution in [1.82, 2.24) is 9.97 Å². The Kier molecular flexibility index (Phi) is 4.21. The minimum absolute atomic E-state index is 0.201. The molecule has 1 rings (SSSR count). The number of carbonyl (C=O) groups is 1. The van der Waals surface area contributed by atoms with Crippen LogP contribution in [0.25, 0.3) is 0 Å². The number of aryl methyl sites for hydroxylation is 1. The molecule has 0 unspecified atom stereocenters. The quantitative estimate of drug-likeness (QED) is 0.803. The topological polar surface area (TPSA) is 63.1 Å². The maximum absolute atomic E-state index is 10.4. The van der Waals surface area contributed by atoms with Crippen LogP contribution in [0.5, 0.6) is 0 Å². The Bertz CT molecular complexity index is 337. The van der Waals surface area contributed by atoms with Crippen molar-refractivity contribution in [1.29, 1.82) is 0 Å². The molecule has 1 aromatic heterocycles. The molecule has 0 aromatic carbocycles. The first-order valence-corrected chi connectivity index (χ1v) is 5.12. The van der Waals surface area contributed by atoms with Crippen molar-refractivity contribution in [3.05, 3.63) is 23.8 Å². The Balaban J connectivity index is 2.63. The lowest BCUT2D eigenvalue weighted by Gasteiger charge is -2.09. The van der Waals surface area contributed by atoms with Gasteiger partial charge in [0, 0.05) is 18.3 Å². The van der Waals surface area contributed by atoms with Crippen molar-refractivity contribution >= 4 is 5.97 Å². The van der Waals surface area contributed by atoms with Crippen LogP contribution in [0.1, 0.15) is 43.9 Å². The third-order valence-electron chi connectivity index (χ3n) is 2.21. The summed E-state index contributed by atoms with van der Waals surface area (Å²) in [5.74, 6) is -0.397. The van der Waals surface area contributed by atoms with Crippen molar-refractivity contribution in [2.24, 2.45) is 0 Å². The van der Waals surface area contributed by atoms with E-state index in [1.807, 2.05) is 0 Å². The van der Waals surface area contributed by atoms with Crippen LogP contribution in [0.15, 0.2) is 12.5 Å². The first-order chi connectivity index (χ1) is 7.11. The Labute approximate surface area is 89.4 Å². The van der Waals surface area contributed by atoms with E-state index in [9.17, 15) is 4.79 Å². The lowest BCUT2D eigenvalue weighted by molar-refractivity contribution is -0.137. The maximum Gasteiger partial charge on any atom is 0.303 e. The molecule has 1 aromatic rings. The molecule has 0 aliphatic heterocycles. The molecule has 1 N–H and O–H groups in total. The van der Waals surface area contributed by atoms with E-state index in [1.54, 1.807) is 6.20 Å². The number of nitrogens with zero attached hydrogens (tertiary/aromatic N) is 2. The highest BCUT2D eigenvalue weighted by Gasteiger charge is 2.08. The lowest BCUT2D eigenvalue weighted by Crippen LogP contribution is -2.02. The summed E-state index contributed by atoms with van der Waals surface area (Å²) in [4.78, 5) is 18.6. The molecule has 0 fully saturated rings. The molecule has 82 valence electrons. The van der Waals surface area contributed by atoms with Crippen molar-refractivity contribution in [2.75, 3.05) is 0 Å². The summed E-state index contributed by atoms with van der Waals surface area (Å²) in [6.07, 6.45) is 4.90. The van der Waals surface area contributed by atoms with Gasteiger partial charge in [-0.15, -0.1) is 0 Å². The molecule has 0 saturated heterocycles. The molecule has 4 nitrogen and oxygen atoms in total. The summed E-state index contributed by atoms with van der Waals surface area (Å²) >= 11 is 0. The van der Waals surface area contributed by atoms with Crippen molar-refractivity contribution in [3.63, 3.8) is 0 Å². The Morgan fingerprint density at radius 1 is 1.53 bits per heavy atom. The summed E-state index contributed by atoms with van der Waals surface area (Å²) in [6, 6.07) is 0. The van der Waals surface area contributed by atoms with Crippen LogP contribution in [-0.4, -0.2) is 21.0 Å². The van der Waals surface area contributed by atoms with Crippen LogP contribution in [-0.2, 0) is 11.2 Å². The predicted molar refractivity (Wildman–Crippen MR) is 56.7 cm³/mol. The number of hydrogen-bond donors (Lipinski definition) is 1. The fourth-order valence-corrected chi connectivity index (χ4v) is 1.51. The van der Waals surface area contributed by atoms with E-state index in [1.165, 1.54) is 6.33 Å². The van der Waals surface area contributed by atoms with E-state index < -0.39 is 5.97 Å². The minimum atomic E-state index is -0.752. The molecule has 0 spiro atoms. The Morgan fingerprint density at radius 2 is 2.27 bits per heavy atom. The highest BCUT2D eigenvalue weighted by atomic mass is 16.4. The van der Waals surface area contributed by atoms with Crippen molar-refractivity contribution < 1.29 is 9.90 Å². The standard InChI is InChI=1S/C11H16N2O2/c1-8(2)11-9(6-12-7-13-11)4-3-5-10(14)15/h6-8H,3-5H2,1-2H3,(H,14,15). The summed E-state index contributed by atoms with van der Waals surface area (Å²) in [5.41, 5.74) is 2.09. The Morgan fingerprint density at radius 3 is 2.87 bits per heavy atom. The largest absolute Gasteiger partial charge is 0.481 e. The smallest absolute Gasteiger partial charge is 0.303 e. The van der Waals surface area contributed by atoms with E-state index in [0.717, 1.165) is 17.7 Å². The highest BCUT2D eigenvalue weighted by molar-refractivity contribution is 5.66. The van der Waals surface area contributed by atoms with Gasteiger partial charge in [-0.05, 0) is 24.3 Å². The molecule has 0 aliphatic carbocycles. The first kappa shape index (κ1) is 11.6. The molecule has 1 heterocycles. The average molecular weight is 208 g/mol. The van der Waals surface area contributed by atoms with Gasteiger partial charge in [0.1, 0.15) is 6.33 Å². The fourth-order valence-electron chi connectivity index (χ4n) is 1.51. The van der Waals surface area contributed by atoms with E-state index in [-0.39, 0.29) is 6.42 Å². The molecule has 4 heteroatoms. The zero-order valence-electron chi connectivity index (χ0n) is 9.10. The number of carboxylic acids is 1. The maximum atomic E-state index is 10.4. The van der Waals surface area contributed by atoms with Gasteiger partial charge in [0.15, 0.2) is 0 Å². The number of hydrogen-bond acceptors (Lipinski definition) is 3. The molecule has 0 atom stereocenters. The lowest BCUT2D eigenvalue weighted by atomic mass is 10.0. The van der Waals surface area contributed by atoms with Crippen LogP contribution in [0, 0.1) is 0 Å². The van der Waals surface area contributed by atoms with Gasteiger partial charge in [0.25, 0.3) is 0 Å².